The van der Waals surface area contributed by atoms with Gasteiger partial charge in [-0.25, -0.2) is 4.39 Å². The maximum Gasteiger partial charge on any atom is 0.224 e. The van der Waals surface area contributed by atoms with Gasteiger partial charge in [0.25, 0.3) is 0 Å². The fraction of sp³-hybridized carbons (Fsp3) is 0.333. The highest BCUT2D eigenvalue weighted by atomic mass is 35.5. The second-order valence-electron chi connectivity index (χ2n) is 6.77. The van der Waals surface area contributed by atoms with Crippen LogP contribution in [-0.4, -0.2) is 29.8 Å². The lowest BCUT2D eigenvalue weighted by Crippen LogP contribution is -2.45. The van der Waals surface area contributed by atoms with Gasteiger partial charge in [0.1, 0.15) is 5.82 Å². The Kier molecular flexibility index (Phi) is 6.45. The molecular weight excluding hydrogens is 367 g/mol. The fourth-order valence-electron chi connectivity index (χ4n) is 3.26. The molecule has 0 bridgehead atoms. The minimum Gasteiger partial charge on any atom is -0.355 e. The van der Waals surface area contributed by atoms with Crippen molar-refractivity contribution >= 4 is 23.4 Å². The lowest BCUT2D eigenvalue weighted by atomic mass is 9.96. The molecule has 1 N–H and O–H groups in total. The van der Waals surface area contributed by atoms with E-state index in [-0.39, 0.29) is 23.5 Å². The number of hydrogen-bond acceptors (Lipinski definition) is 2. The number of amides is 2. The van der Waals surface area contributed by atoms with Gasteiger partial charge < -0.3 is 10.2 Å². The molecular formula is C21H22ClFN2O2. The minimum atomic E-state index is -0.260. The van der Waals surface area contributed by atoms with Crippen molar-refractivity contribution in [3.05, 3.63) is 70.5 Å². The van der Waals surface area contributed by atoms with E-state index >= 15 is 0 Å². The topological polar surface area (TPSA) is 49.4 Å². The Balaban J connectivity index is 1.52. The van der Waals surface area contributed by atoms with Gasteiger partial charge in [-0.2, -0.15) is 0 Å². The first-order valence-corrected chi connectivity index (χ1v) is 9.44. The molecule has 1 atom stereocenters. The quantitative estimate of drug-likeness (QED) is 0.822. The third kappa shape index (κ3) is 5.30. The average Bonchev–Trinajstić information content (AvgIpc) is 2.66. The van der Waals surface area contributed by atoms with Crippen molar-refractivity contribution in [3.63, 3.8) is 0 Å². The summed E-state index contributed by atoms with van der Waals surface area (Å²) in [5.74, 6) is -0.528. The van der Waals surface area contributed by atoms with Crippen LogP contribution in [0.2, 0.25) is 5.02 Å². The monoisotopic (exact) mass is 388 g/mol. The van der Waals surface area contributed by atoms with Crippen molar-refractivity contribution in [3.8, 4) is 0 Å². The number of likely N-dealkylation sites (tertiary alicyclic amines) is 1. The van der Waals surface area contributed by atoms with Gasteiger partial charge in [-0.1, -0.05) is 41.9 Å². The number of rotatable bonds is 6. The second-order valence-corrected chi connectivity index (χ2v) is 7.21. The van der Waals surface area contributed by atoms with Gasteiger partial charge >= 0.3 is 0 Å². The molecule has 3 rings (SSSR count). The maximum absolute atomic E-state index is 13.6. The molecule has 27 heavy (non-hydrogen) atoms. The summed E-state index contributed by atoms with van der Waals surface area (Å²) in [5.41, 5.74) is 1.56. The second kappa shape index (κ2) is 9.00. The number of hydrogen-bond donors (Lipinski definition) is 1. The summed E-state index contributed by atoms with van der Waals surface area (Å²) in [7, 11) is 0. The van der Waals surface area contributed by atoms with Crippen LogP contribution in [0.5, 0.6) is 0 Å². The van der Waals surface area contributed by atoms with Crippen LogP contribution in [0.4, 0.5) is 4.39 Å². The average molecular weight is 389 g/mol. The summed E-state index contributed by atoms with van der Waals surface area (Å²) >= 11 is 5.89. The number of carbonyl (C=O) groups excluding carboxylic acids is 2. The summed E-state index contributed by atoms with van der Waals surface area (Å²) < 4.78 is 13.6. The molecule has 0 unspecified atom stereocenters. The van der Waals surface area contributed by atoms with Crippen LogP contribution in [-0.2, 0) is 22.6 Å². The van der Waals surface area contributed by atoms with E-state index in [1.807, 2.05) is 12.1 Å². The summed E-state index contributed by atoms with van der Waals surface area (Å²) in [6.45, 7) is 1.24. The third-order valence-electron chi connectivity index (χ3n) is 4.81. The summed E-state index contributed by atoms with van der Waals surface area (Å²) in [4.78, 5) is 26.4. The molecule has 4 nitrogen and oxygen atoms in total. The van der Waals surface area contributed by atoms with Crippen LogP contribution in [0.15, 0.2) is 48.5 Å². The van der Waals surface area contributed by atoms with Gasteiger partial charge in [0.05, 0.1) is 5.92 Å². The van der Waals surface area contributed by atoms with Gasteiger partial charge in [-0.05, 0) is 42.2 Å². The van der Waals surface area contributed by atoms with Gasteiger partial charge in [-0.15, -0.1) is 0 Å². The standard InChI is InChI=1S/C21H22ClFN2O2/c22-18-8-5-15(6-9-18)13-25-14-17(7-10-20(25)26)21(27)24-12-11-16-3-1-2-4-19(16)23/h1-6,8-9,17H,7,10-14H2,(H,24,27)/t17-/m0/s1. The highest BCUT2D eigenvalue weighted by Gasteiger charge is 2.30. The molecule has 2 aromatic carbocycles. The Bertz CT molecular complexity index is 810. The van der Waals surface area contributed by atoms with Crippen molar-refractivity contribution in [2.75, 3.05) is 13.1 Å². The number of piperidine rings is 1. The van der Waals surface area contributed by atoms with E-state index in [9.17, 15) is 14.0 Å². The number of benzene rings is 2. The molecule has 0 radical (unpaired) electrons. The Labute approximate surface area is 163 Å². The molecule has 142 valence electrons. The highest BCUT2D eigenvalue weighted by molar-refractivity contribution is 6.30. The van der Waals surface area contributed by atoms with Crippen molar-refractivity contribution in [2.45, 2.75) is 25.8 Å². The lowest BCUT2D eigenvalue weighted by Gasteiger charge is -2.32. The van der Waals surface area contributed by atoms with Crippen LogP contribution < -0.4 is 5.32 Å². The lowest BCUT2D eigenvalue weighted by molar-refractivity contribution is -0.138. The molecule has 1 fully saturated rings. The van der Waals surface area contributed by atoms with E-state index in [0.29, 0.717) is 49.5 Å². The Hall–Kier alpha value is -2.40. The van der Waals surface area contributed by atoms with E-state index < -0.39 is 0 Å². The molecule has 0 saturated carbocycles. The van der Waals surface area contributed by atoms with Crippen molar-refractivity contribution in [1.29, 1.82) is 0 Å². The maximum atomic E-state index is 13.6. The normalized spacial score (nSPS) is 17.0. The Morgan fingerprint density at radius 3 is 2.67 bits per heavy atom. The molecule has 0 spiro atoms. The SMILES string of the molecule is O=C(NCCc1ccccc1F)[C@H]1CCC(=O)N(Cc2ccc(Cl)cc2)C1. The fourth-order valence-corrected chi connectivity index (χ4v) is 3.38. The van der Waals surface area contributed by atoms with E-state index in [2.05, 4.69) is 5.32 Å². The van der Waals surface area contributed by atoms with Crippen molar-refractivity contribution in [1.82, 2.24) is 10.2 Å². The van der Waals surface area contributed by atoms with E-state index in [1.165, 1.54) is 6.07 Å². The molecule has 2 amide bonds. The van der Waals surface area contributed by atoms with Gasteiger partial charge in [-0.3, -0.25) is 9.59 Å². The molecule has 6 heteroatoms. The van der Waals surface area contributed by atoms with E-state index in [1.54, 1.807) is 35.2 Å². The smallest absolute Gasteiger partial charge is 0.224 e. The number of nitrogens with one attached hydrogen (secondary N) is 1. The predicted octanol–water partition coefficient (Wildman–Crippen LogP) is 3.58. The van der Waals surface area contributed by atoms with Crippen LogP contribution in [0.25, 0.3) is 0 Å². The zero-order valence-electron chi connectivity index (χ0n) is 15.0. The van der Waals surface area contributed by atoms with Gasteiger partial charge in [0, 0.05) is 31.1 Å². The van der Waals surface area contributed by atoms with Crippen molar-refractivity contribution < 1.29 is 14.0 Å². The Morgan fingerprint density at radius 1 is 1.19 bits per heavy atom. The van der Waals surface area contributed by atoms with Gasteiger partial charge in [0.15, 0.2) is 0 Å². The first kappa shape index (κ1) is 19.4. The van der Waals surface area contributed by atoms with Crippen LogP contribution in [0, 0.1) is 11.7 Å². The molecule has 1 saturated heterocycles. The number of nitrogens with zero attached hydrogens (tertiary/aromatic N) is 1. The molecule has 0 aliphatic carbocycles. The first-order chi connectivity index (χ1) is 13.0. The predicted molar refractivity (Wildman–Crippen MR) is 103 cm³/mol. The highest BCUT2D eigenvalue weighted by Crippen LogP contribution is 2.21. The molecule has 2 aromatic rings. The summed E-state index contributed by atoms with van der Waals surface area (Å²) in [6, 6.07) is 13.9. The third-order valence-corrected chi connectivity index (χ3v) is 5.06. The van der Waals surface area contributed by atoms with E-state index in [4.69, 9.17) is 11.6 Å². The van der Waals surface area contributed by atoms with Crippen LogP contribution in [0.3, 0.4) is 0 Å². The largest absolute Gasteiger partial charge is 0.355 e. The van der Waals surface area contributed by atoms with E-state index in [0.717, 1.165) is 5.56 Å². The molecule has 1 heterocycles. The summed E-state index contributed by atoms with van der Waals surface area (Å²) in [6.07, 6.45) is 1.35. The van der Waals surface area contributed by atoms with Crippen LogP contribution in [0.1, 0.15) is 24.0 Å². The number of halogens is 2. The minimum absolute atomic E-state index is 0.0559. The zero-order valence-corrected chi connectivity index (χ0v) is 15.7. The summed E-state index contributed by atoms with van der Waals surface area (Å²) in [5, 5.41) is 3.52. The van der Waals surface area contributed by atoms with Crippen LogP contribution >= 0.6 is 11.6 Å². The van der Waals surface area contributed by atoms with Gasteiger partial charge in [0.2, 0.25) is 11.8 Å². The first-order valence-electron chi connectivity index (χ1n) is 9.06. The molecule has 1 aliphatic heterocycles. The number of carbonyl (C=O) groups is 2. The Morgan fingerprint density at radius 2 is 1.93 bits per heavy atom. The molecule has 1 aliphatic rings. The molecule has 0 aromatic heterocycles. The van der Waals surface area contributed by atoms with Crippen molar-refractivity contribution in [2.24, 2.45) is 5.92 Å². The zero-order chi connectivity index (χ0) is 19.2.